The van der Waals surface area contributed by atoms with Crippen LogP contribution in [-0.2, 0) is 6.61 Å². The van der Waals surface area contributed by atoms with Gasteiger partial charge in [-0.1, -0.05) is 41.9 Å². The lowest BCUT2D eigenvalue weighted by molar-refractivity contribution is 0.252. The molecule has 3 aromatic carbocycles. The normalized spacial score (nSPS) is 10.5. The average molecular weight is 458 g/mol. The van der Waals surface area contributed by atoms with E-state index in [9.17, 15) is 0 Å². The van der Waals surface area contributed by atoms with Crippen molar-refractivity contribution >= 4 is 11.6 Å². The van der Waals surface area contributed by atoms with Gasteiger partial charge in [0.2, 0.25) is 5.75 Å². The predicted molar refractivity (Wildman–Crippen MR) is 126 cm³/mol. The summed E-state index contributed by atoms with van der Waals surface area (Å²) in [5.74, 6) is 3.29. The van der Waals surface area contributed by atoms with Crippen LogP contribution >= 0.6 is 11.6 Å². The molecular formula is C25H28ClNO5. The van der Waals surface area contributed by atoms with Gasteiger partial charge in [-0.05, 0) is 42.0 Å². The van der Waals surface area contributed by atoms with Crippen LogP contribution in [0.25, 0.3) is 0 Å². The maximum Gasteiger partial charge on any atom is 0.203 e. The molecule has 0 saturated carbocycles. The molecule has 0 aliphatic rings. The van der Waals surface area contributed by atoms with Crippen molar-refractivity contribution in [1.29, 1.82) is 0 Å². The zero-order chi connectivity index (χ0) is 22.6. The first kappa shape index (κ1) is 23.6. The molecule has 3 rings (SSSR count). The molecule has 7 heteroatoms. The summed E-state index contributed by atoms with van der Waals surface area (Å²) in [4.78, 5) is 0. The van der Waals surface area contributed by atoms with E-state index >= 15 is 0 Å². The van der Waals surface area contributed by atoms with Gasteiger partial charge in [-0.25, -0.2) is 0 Å². The fourth-order valence-electron chi connectivity index (χ4n) is 2.97. The summed E-state index contributed by atoms with van der Waals surface area (Å²) < 4.78 is 28.3. The minimum atomic E-state index is 0.444. The number of benzene rings is 3. The molecule has 0 unspecified atom stereocenters. The predicted octanol–water partition coefficient (Wildman–Crippen LogP) is 4.98. The third-order valence-electron chi connectivity index (χ3n) is 4.60. The van der Waals surface area contributed by atoms with E-state index in [4.69, 9.17) is 35.3 Å². The summed E-state index contributed by atoms with van der Waals surface area (Å²) >= 11 is 5.93. The van der Waals surface area contributed by atoms with E-state index in [0.29, 0.717) is 66.7 Å². The second-order valence-corrected chi connectivity index (χ2v) is 7.24. The van der Waals surface area contributed by atoms with Crippen molar-refractivity contribution in [3.63, 3.8) is 0 Å². The number of hydrogen-bond acceptors (Lipinski definition) is 6. The molecule has 32 heavy (non-hydrogen) atoms. The van der Waals surface area contributed by atoms with Crippen LogP contribution in [0, 0.1) is 0 Å². The molecule has 0 aliphatic heterocycles. The molecule has 1 N–H and O–H groups in total. The lowest BCUT2D eigenvalue weighted by atomic mass is 10.2. The molecule has 6 nitrogen and oxygen atoms in total. The van der Waals surface area contributed by atoms with Crippen LogP contribution in [0.4, 0.5) is 0 Å². The van der Waals surface area contributed by atoms with Gasteiger partial charge in [0.05, 0.1) is 14.2 Å². The quantitative estimate of drug-likeness (QED) is 0.365. The van der Waals surface area contributed by atoms with E-state index in [1.54, 1.807) is 14.2 Å². The average Bonchev–Trinajstić information content (AvgIpc) is 2.83. The summed E-state index contributed by atoms with van der Waals surface area (Å²) in [5, 5.41) is 4.00. The molecule has 0 radical (unpaired) electrons. The number of hydrogen-bond donors (Lipinski definition) is 1. The van der Waals surface area contributed by atoms with Crippen LogP contribution in [0.1, 0.15) is 5.56 Å². The highest BCUT2D eigenvalue weighted by Crippen LogP contribution is 2.36. The summed E-state index contributed by atoms with van der Waals surface area (Å²) in [5.41, 5.74) is 1.04. The fraction of sp³-hybridized carbons (Fsp3) is 0.280. The van der Waals surface area contributed by atoms with Crippen LogP contribution in [0.2, 0.25) is 5.02 Å². The zero-order valence-electron chi connectivity index (χ0n) is 18.3. The number of rotatable bonds is 13. The first-order valence-corrected chi connectivity index (χ1v) is 10.7. The van der Waals surface area contributed by atoms with Crippen molar-refractivity contribution in [3.05, 3.63) is 77.3 Å². The third kappa shape index (κ3) is 6.97. The fourth-order valence-corrected chi connectivity index (χ4v) is 3.10. The van der Waals surface area contributed by atoms with Gasteiger partial charge < -0.3 is 29.0 Å². The van der Waals surface area contributed by atoms with Crippen LogP contribution in [0.15, 0.2) is 66.7 Å². The van der Waals surface area contributed by atoms with E-state index in [1.807, 2.05) is 66.7 Å². The Morgan fingerprint density at radius 1 is 0.656 bits per heavy atom. The van der Waals surface area contributed by atoms with Crippen LogP contribution < -0.4 is 29.0 Å². The van der Waals surface area contributed by atoms with Crippen LogP contribution in [0.5, 0.6) is 28.7 Å². The Labute approximate surface area is 194 Å². The number of para-hydroxylation sites is 3. The van der Waals surface area contributed by atoms with Gasteiger partial charge in [0, 0.05) is 18.1 Å². The topological polar surface area (TPSA) is 58.2 Å². The Balaban J connectivity index is 1.39. The minimum Gasteiger partial charge on any atom is -0.493 e. The maximum atomic E-state index is 5.93. The van der Waals surface area contributed by atoms with Gasteiger partial charge in [-0.3, -0.25) is 0 Å². The molecule has 0 amide bonds. The highest BCUT2D eigenvalue weighted by atomic mass is 35.5. The van der Waals surface area contributed by atoms with Crippen molar-refractivity contribution in [2.24, 2.45) is 0 Å². The van der Waals surface area contributed by atoms with Crippen molar-refractivity contribution in [1.82, 2.24) is 5.32 Å². The van der Waals surface area contributed by atoms with Gasteiger partial charge in [0.15, 0.2) is 23.0 Å². The highest BCUT2D eigenvalue weighted by Gasteiger charge is 2.10. The van der Waals surface area contributed by atoms with E-state index in [-0.39, 0.29) is 0 Å². The largest absolute Gasteiger partial charge is 0.493 e. The molecule has 0 bridgehead atoms. The van der Waals surface area contributed by atoms with Crippen molar-refractivity contribution in [3.8, 4) is 28.7 Å². The first-order chi connectivity index (χ1) is 15.7. The van der Waals surface area contributed by atoms with Crippen molar-refractivity contribution in [2.45, 2.75) is 6.61 Å². The SMILES string of the molecule is COc1cccc(OC)c1OCCNCCOc1ccccc1OCc1ccc(Cl)cc1. The lowest BCUT2D eigenvalue weighted by Crippen LogP contribution is -2.26. The van der Waals surface area contributed by atoms with Crippen LogP contribution in [-0.4, -0.2) is 40.5 Å². The third-order valence-corrected chi connectivity index (χ3v) is 4.85. The van der Waals surface area contributed by atoms with Gasteiger partial charge in [0.25, 0.3) is 0 Å². The van der Waals surface area contributed by atoms with Gasteiger partial charge in [0.1, 0.15) is 19.8 Å². The van der Waals surface area contributed by atoms with Crippen molar-refractivity contribution < 1.29 is 23.7 Å². The summed E-state index contributed by atoms with van der Waals surface area (Å²) in [7, 11) is 3.21. The summed E-state index contributed by atoms with van der Waals surface area (Å²) in [6, 6.07) is 20.8. The molecule has 0 heterocycles. The monoisotopic (exact) mass is 457 g/mol. The van der Waals surface area contributed by atoms with Gasteiger partial charge in [-0.2, -0.15) is 0 Å². The molecule has 0 aliphatic carbocycles. The maximum absolute atomic E-state index is 5.93. The Kier molecular flexibility index (Phi) is 9.35. The lowest BCUT2D eigenvalue weighted by Gasteiger charge is -2.15. The first-order valence-electron chi connectivity index (χ1n) is 10.3. The van der Waals surface area contributed by atoms with E-state index in [1.165, 1.54) is 0 Å². The van der Waals surface area contributed by atoms with Crippen LogP contribution in [0.3, 0.4) is 0 Å². The zero-order valence-corrected chi connectivity index (χ0v) is 19.1. The van der Waals surface area contributed by atoms with E-state index in [2.05, 4.69) is 5.32 Å². The second kappa shape index (κ2) is 12.7. The Bertz CT molecular complexity index is 943. The summed E-state index contributed by atoms with van der Waals surface area (Å²) in [6.45, 7) is 2.73. The molecule has 0 atom stereocenters. The van der Waals surface area contributed by atoms with Gasteiger partial charge >= 0.3 is 0 Å². The molecular weight excluding hydrogens is 430 g/mol. The second-order valence-electron chi connectivity index (χ2n) is 6.80. The molecule has 3 aromatic rings. The molecule has 170 valence electrons. The Morgan fingerprint density at radius 3 is 1.84 bits per heavy atom. The van der Waals surface area contributed by atoms with E-state index in [0.717, 1.165) is 5.56 Å². The molecule has 0 aromatic heterocycles. The molecule has 0 saturated heterocycles. The van der Waals surface area contributed by atoms with Gasteiger partial charge in [-0.15, -0.1) is 0 Å². The number of halogens is 1. The Morgan fingerprint density at radius 2 is 1.22 bits per heavy atom. The molecule has 0 spiro atoms. The number of nitrogens with one attached hydrogen (secondary N) is 1. The highest BCUT2D eigenvalue weighted by molar-refractivity contribution is 6.30. The van der Waals surface area contributed by atoms with Crippen molar-refractivity contribution in [2.75, 3.05) is 40.5 Å². The number of ether oxygens (including phenoxy) is 5. The summed E-state index contributed by atoms with van der Waals surface area (Å²) in [6.07, 6.45) is 0. The Hall–Kier alpha value is -3.09. The smallest absolute Gasteiger partial charge is 0.203 e. The molecule has 0 fully saturated rings. The minimum absolute atomic E-state index is 0.444. The van der Waals surface area contributed by atoms with E-state index < -0.39 is 0 Å². The standard InChI is InChI=1S/C25H28ClNO5/c1-28-23-8-5-9-24(29-2)25(23)31-17-15-27-14-16-30-21-6-3-4-7-22(21)32-18-19-10-12-20(26)13-11-19/h3-13,27H,14-18H2,1-2H3. The number of methoxy groups -OCH3 is 2.